The van der Waals surface area contributed by atoms with Crippen LogP contribution in [-0.2, 0) is 9.59 Å². The summed E-state index contributed by atoms with van der Waals surface area (Å²) in [5.41, 5.74) is 0. The highest BCUT2D eigenvalue weighted by atomic mass is 19.4. The molecule has 0 heterocycles. The monoisotopic (exact) mass is 334 g/mol. The zero-order chi connectivity index (χ0) is 17.3. The van der Waals surface area contributed by atoms with Crippen molar-refractivity contribution in [1.29, 1.82) is 0 Å². The number of methoxy groups -OCH3 is 1. The second-order valence-electron chi connectivity index (χ2n) is 4.40. The lowest BCUT2D eigenvalue weighted by atomic mass is 10.3. The average Bonchev–Trinajstić information content (AvgIpc) is 2.51. The largest absolute Gasteiger partial charge is 0.493 e. The Balaban J connectivity index is 2.19. The summed E-state index contributed by atoms with van der Waals surface area (Å²) >= 11 is 0. The van der Waals surface area contributed by atoms with E-state index in [1.807, 2.05) is 0 Å². The van der Waals surface area contributed by atoms with Crippen molar-refractivity contribution in [2.45, 2.75) is 12.6 Å². The smallest absolute Gasteiger partial charge is 0.471 e. The number of ether oxygens (including phenoxy) is 2. The molecule has 0 saturated carbocycles. The molecule has 0 unspecified atom stereocenters. The highest BCUT2D eigenvalue weighted by molar-refractivity contribution is 5.81. The van der Waals surface area contributed by atoms with E-state index in [1.54, 1.807) is 29.6 Å². The predicted molar refractivity (Wildman–Crippen MR) is 75.2 cm³/mol. The quantitative estimate of drug-likeness (QED) is 0.702. The van der Waals surface area contributed by atoms with Crippen molar-refractivity contribution < 1.29 is 32.2 Å². The maximum atomic E-state index is 11.9. The third-order valence-corrected chi connectivity index (χ3v) is 2.65. The molecule has 0 aliphatic rings. The fraction of sp³-hybridized carbons (Fsp3) is 0.429. The molecule has 2 amide bonds. The lowest BCUT2D eigenvalue weighted by molar-refractivity contribution is -0.173. The number of carbonyl (C=O) groups excluding carboxylic acids is 2. The number of amides is 2. The van der Waals surface area contributed by atoms with E-state index in [1.165, 1.54) is 7.11 Å². The van der Waals surface area contributed by atoms with E-state index < -0.39 is 18.0 Å². The number of hydrogen-bond acceptors (Lipinski definition) is 4. The molecule has 0 bridgehead atoms. The summed E-state index contributed by atoms with van der Waals surface area (Å²) in [5, 5.41) is 4.17. The fourth-order valence-electron chi connectivity index (χ4n) is 1.55. The lowest BCUT2D eigenvalue weighted by Crippen LogP contribution is -2.38. The number of nitrogens with one attached hydrogen (secondary N) is 2. The molecule has 9 heteroatoms. The molecule has 0 saturated heterocycles. The summed E-state index contributed by atoms with van der Waals surface area (Å²) in [5.74, 6) is -1.54. The summed E-state index contributed by atoms with van der Waals surface area (Å²) in [6.45, 7) is -0.326. The fourth-order valence-corrected chi connectivity index (χ4v) is 1.55. The third kappa shape index (κ3) is 6.90. The summed E-state index contributed by atoms with van der Waals surface area (Å²) in [4.78, 5) is 22.1. The molecule has 0 radical (unpaired) electrons. The first-order chi connectivity index (χ1) is 10.8. The van der Waals surface area contributed by atoms with E-state index in [0.717, 1.165) is 0 Å². The third-order valence-electron chi connectivity index (χ3n) is 2.65. The van der Waals surface area contributed by atoms with Crippen LogP contribution in [0.4, 0.5) is 13.2 Å². The minimum Gasteiger partial charge on any atom is -0.493 e. The Morgan fingerprint density at radius 3 is 2.30 bits per heavy atom. The van der Waals surface area contributed by atoms with E-state index in [2.05, 4.69) is 5.32 Å². The van der Waals surface area contributed by atoms with Gasteiger partial charge in [-0.05, 0) is 18.6 Å². The van der Waals surface area contributed by atoms with E-state index in [-0.39, 0.29) is 26.1 Å². The molecule has 1 aromatic rings. The van der Waals surface area contributed by atoms with Crippen LogP contribution >= 0.6 is 0 Å². The van der Waals surface area contributed by atoms with E-state index in [0.29, 0.717) is 11.5 Å². The highest BCUT2D eigenvalue weighted by Crippen LogP contribution is 2.25. The lowest BCUT2D eigenvalue weighted by Gasteiger charge is -2.11. The van der Waals surface area contributed by atoms with E-state index >= 15 is 0 Å². The molecule has 1 aromatic carbocycles. The van der Waals surface area contributed by atoms with Crippen molar-refractivity contribution in [1.82, 2.24) is 10.6 Å². The SMILES string of the molecule is COc1ccccc1OCC(=O)NCCCNC(=O)C(F)(F)F. The van der Waals surface area contributed by atoms with Crippen LogP contribution < -0.4 is 20.1 Å². The molecule has 128 valence electrons. The number of halogens is 3. The second kappa shape index (κ2) is 8.86. The van der Waals surface area contributed by atoms with Crippen LogP contribution in [0.1, 0.15) is 6.42 Å². The number of hydrogen-bond donors (Lipinski definition) is 2. The molecular weight excluding hydrogens is 317 g/mol. The van der Waals surface area contributed by atoms with Gasteiger partial charge in [0.2, 0.25) is 0 Å². The van der Waals surface area contributed by atoms with Crippen molar-refractivity contribution in [3.8, 4) is 11.5 Å². The Morgan fingerprint density at radius 1 is 1.09 bits per heavy atom. The molecule has 23 heavy (non-hydrogen) atoms. The molecule has 0 spiro atoms. The van der Waals surface area contributed by atoms with Gasteiger partial charge in [-0.2, -0.15) is 13.2 Å². The van der Waals surface area contributed by atoms with Crippen molar-refractivity contribution in [3.05, 3.63) is 24.3 Å². The van der Waals surface area contributed by atoms with Crippen molar-refractivity contribution >= 4 is 11.8 Å². The van der Waals surface area contributed by atoms with Gasteiger partial charge in [0.1, 0.15) is 0 Å². The van der Waals surface area contributed by atoms with Crippen molar-refractivity contribution in [2.24, 2.45) is 0 Å². The topological polar surface area (TPSA) is 76.7 Å². The minimum absolute atomic E-state index is 0.117. The number of alkyl halides is 3. The van der Waals surface area contributed by atoms with Crippen LogP contribution in [0.3, 0.4) is 0 Å². The molecule has 0 aromatic heterocycles. The first-order valence-corrected chi connectivity index (χ1v) is 6.72. The van der Waals surface area contributed by atoms with E-state index in [4.69, 9.17) is 9.47 Å². The van der Waals surface area contributed by atoms with Crippen molar-refractivity contribution in [3.63, 3.8) is 0 Å². The van der Waals surface area contributed by atoms with Gasteiger partial charge < -0.3 is 20.1 Å². The maximum absolute atomic E-state index is 11.9. The van der Waals surface area contributed by atoms with Gasteiger partial charge in [0.05, 0.1) is 7.11 Å². The minimum atomic E-state index is -4.90. The van der Waals surface area contributed by atoms with Gasteiger partial charge in [-0.3, -0.25) is 9.59 Å². The van der Waals surface area contributed by atoms with Gasteiger partial charge in [-0.25, -0.2) is 0 Å². The van der Waals surface area contributed by atoms with Gasteiger partial charge in [-0.15, -0.1) is 0 Å². The summed E-state index contributed by atoms with van der Waals surface area (Å²) in [7, 11) is 1.47. The van der Waals surface area contributed by atoms with Crippen molar-refractivity contribution in [2.75, 3.05) is 26.8 Å². The summed E-state index contributed by atoms with van der Waals surface area (Å²) in [6, 6.07) is 6.79. The molecule has 0 aliphatic heterocycles. The normalized spacial score (nSPS) is 10.8. The maximum Gasteiger partial charge on any atom is 0.471 e. The Kier molecular flexibility index (Phi) is 7.17. The van der Waals surface area contributed by atoms with Gasteiger partial charge in [0.15, 0.2) is 18.1 Å². The van der Waals surface area contributed by atoms with Gasteiger partial charge in [0, 0.05) is 13.1 Å². The first kappa shape index (κ1) is 18.6. The molecule has 6 nitrogen and oxygen atoms in total. The molecular formula is C14H17F3N2O4. The Labute approximate surface area is 130 Å². The number of rotatable bonds is 8. The summed E-state index contributed by atoms with van der Waals surface area (Å²) in [6.07, 6.45) is -4.73. The van der Waals surface area contributed by atoms with Crippen LogP contribution in [0.25, 0.3) is 0 Å². The van der Waals surface area contributed by atoms with Gasteiger partial charge in [0.25, 0.3) is 5.91 Å². The predicted octanol–water partition coefficient (Wildman–Crippen LogP) is 1.26. The van der Waals surface area contributed by atoms with Gasteiger partial charge >= 0.3 is 12.1 Å². The molecule has 2 N–H and O–H groups in total. The van der Waals surface area contributed by atoms with Crippen LogP contribution in [0.5, 0.6) is 11.5 Å². The molecule has 0 aliphatic carbocycles. The number of benzene rings is 1. The van der Waals surface area contributed by atoms with Crippen LogP contribution in [-0.4, -0.2) is 44.8 Å². The standard InChI is InChI=1S/C14H17F3N2O4/c1-22-10-5-2-3-6-11(10)23-9-12(20)18-7-4-8-19-13(21)14(15,16)17/h2-3,5-6H,4,7-9H2,1H3,(H,18,20)(H,19,21). The molecule has 0 fully saturated rings. The number of carbonyl (C=O) groups is 2. The zero-order valence-electron chi connectivity index (χ0n) is 12.4. The Morgan fingerprint density at radius 2 is 1.70 bits per heavy atom. The van der Waals surface area contributed by atoms with Crippen LogP contribution in [0.2, 0.25) is 0 Å². The summed E-state index contributed by atoms with van der Waals surface area (Å²) < 4.78 is 46.0. The zero-order valence-corrected chi connectivity index (χ0v) is 12.4. The molecule has 0 atom stereocenters. The molecule has 1 rings (SSSR count). The first-order valence-electron chi connectivity index (χ1n) is 6.72. The van der Waals surface area contributed by atoms with E-state index in [9.17, 15) is 22.8 Å². The Bertz CT molecular complexity index is 535. The van der Waals surface area contributed by atoms with Crippen LogP contribution in [0, 0.1) is 0 Å². The Hall–Kier alpha value is -2.45. The second-order valence-corrected chi connectivity index (χ2v) is 4.40. The van der Waals surface area contributed by atoms with Gasteiger partial charge in [-0.1, -0.05) is 12.1 Å². The number of para-hydroxylation sites is 2. The highest BCUT2D eigenvalue weighted by Gasteiger charge is 2.38. The van der Waals surface area contributed by atoms with Crippen LogP contribution in [0.15, 0.2) is 24.3 Å². The average molecular weight is 334 g/mol.